The quantitative estimate of drug-likeness (QED) is 0.603. The Morgan fingerprint density at radius 1 is 1.12 bits per heavy atom. The van der Waals surface area contributed by atoms with Gasteiger partial charge in [-0.1, -0.05) is 23.7 Å². The Balaban J connectivity index is 1.47. The first-order chi connectivity index (χ1) is 12.1. The summed E-state index contributed by atoms with van der Waals surface area (Å²) >= 11 is 10.5. The highest BCUT2D eigenvalue weighted by atomic mass is 35.5. The standard InChI is InChI=1S/C20H19ClN2OS/c21-15-5-6-17-14(11-15)12-18(22-17)13-7-9-23(10-8-13)20(24)16-3-1-2-4-19(16)25/h1-6,11-13,22,25H,7-10H2. The molecule has 25 heavy (non-hydrogen) atoms. The summed E-state index contributed by atoms with van der Waals surface area (Å²) in [7, 11) is 0. The fourth-order valence-electron chi connectivity index (χ4n) is 3.56. The number of fused-ring (bicyclic) bond motifs is 1. The molecule has 0 spiro atoms. The molecule has 3 nitrogen and oxygen atoms in total. The molecule has 0 unspecified atom stereocenters. The predicted octanol–water partition coefficient (Wildman–Crippen LogP) is 5.13. The van der Waals surface area contributed by atoms with Crippen LogP contribution in [0, 0.1) is 0 Å². The summed E-state index contributed by atoms with van der Waals surface area (Å²) in [4.78, 5) is 18.9. The topological polar surface area (TPSA) is 36.1 Å². The van der Waals surface area contributed by atoms with Crippen molar-refractivity contribution < 1.29 is 4.79 Å². The molecule has 1 amide bonds. The molecule has 4 rings (SSSR count). The minimum atomic E-state index is 0.0764. The van der Waals surface area contributed by atoms with Crippen molar-refractivity contribution in [3.8, 4) is 0 Å². The Bertz CT molecular complexity index is 928. The molecule has 2 heterocycles. The van der Waals surface area contributed by atoms with Gasteiger partial charge in [0.05, 0.1) is 5.56 Å². The van der Waals surface area contributed by atoms with Gasteiger partial charge < -0.3 is 9.88 Å². The lowest BCUT2D eigenvalue weighted by Crippen LogP contribution is -2.38. The summed E-state index contributed by atoms with van der Waals surface area (Å²) in [5.74, 6) is 0.522. The Kier molecular flexibility index (Phi) is 4.48. The van der Waals surface area contributed by atoms with Gasteiger partial charge >= 0.3 is 0 Å². The van der Waals surface area contributed by atoms with Crippen LogP contribution < -0.4 is 0 Å². The molecule has 0 bridgehead atoms. The monoisotopic (exact) mass is 370 g/mol. The summed E-state index contributed by atoms with van der Waals surface area (Å²) < 4.78 is 0. The molecule has 0 radical (unpaired) electrons. The number of thiol groups is 1. The summed E-state index contributed by atoms with van der Waals surface area (Å²) in [6.07, 6.45) is 1.92. The lowest BCUT2D eigenvalue weighted by Gasteiger charge is -2.32. The van der Waals surface area contributed by atoms with E-state index in [9.17, 15) is 4.79 Å². The van der Waals surface area contributed by atoms with Gasteiger partial charge in [-0.3, -0.25) is 4.79 Å². The summed E-state index contributed by atoms with van der Waals surface area (Å²) in [6, 6.07) is 15.6. The first-order valence-electron chi connectivity index (χ1n) is 8.47. The minimum Gasteiger partial charge on any atom is -0.358 e. The smallest absolute Gasteiger partial charge is 0.254 e. The molecule has 0 atom stereocenters. The Hall–Kier alpha value is -1.91. The molecule has 1 fully saturated rings. The van der Waals surface area contributed by atoms with Crippen LogP contribution in [0.2, 0.25) is 5.02 Å². The summed E-state index contributed by atoms with van der Waals surface area (Å²) in [5, 5.41) is 1.90. The van der Waals surface area contributed by atoms with E-state index in [1.54, 1.807) is 0 Å². The third-order valence-electron chi connectivity index (χ3n) is 4.96. The number of rotatable bonds is 2. The molecule has 1 aliphatic rings. The zero-order valence-electron chi connectivity index (χ0n) is 13.7. The van der Waals surface area contributed by atoms with E-state index in [1.165, 1.54) is 5.69 Å². The van der Waals surface area contributed by atoms with Gasteiger partial charge in [-0.25, -0.2) is 0 Å². The number of likely N-dealkylation sites (tertiary alicyclic amines) is 1. The molecule has 1 saturated heterocycles. The fourth-order valence-corrected chi connectivity index (χ4v) is 4.00. The Morgan fingerprint density at radius 2 is 1.88 bits per heavy atom. The van der Waals surface area contributed by atoms with Gasteiger partial charge in [0.1, 0.15) is 0 Å². The number of H-pyrrole nitrogens is 1. The van der Waals surface area contributed by atoms with Crippen LogP contribution in [0.3, 0.4) is 0 Å². The molecule has 1 N–H and O–H groups in total. The number of hydrogen-bond donors (Lipinski definition) is 2. The van der Waals surface area contributed by atoms with E-state index in [2.05, 4.69) is 23.7 Å². The summed E-state index contributed by atoms with van der Waals surface area (Å²) in [6.45, 7) is 1.53. The van der Waals surface area contributed by atoms with Gasteiger partial charge in [0.15, 0.2) is 0 Å². The van der Waals surface area contributed by atoms with Gasteiger partial charge in [-0.2, -0.15) is 0 Å². The van der Waals surface area contributed by atoms with E-state index in [-0.39, 0.29) is 5.91 Å². The van der Waals surface area contributed by atoms with Crippen molar-refractivity contribution in [2.45, 2.75) is 23.7 Å². The predicted molar refractivity (Wildman–Crippen MR) is 105 cm³/mol. The van der Waals surface area contributed by atoms with Gasteiger partial charge in [-0.05, 0) is 49.2 Å². The molecule has 3 aromatic rings. The van der Waals surface area contributed by atoms with Gasteiger partial charge in [0.2, 0.25) is 0 Å². The van der Waals surface area contributed by atoms with Crippen LogP contribution >= 0.6 is 24.2 Å². The largest absolute Gasteiger partial charge is 0.358 e. The molecule has 1 aromatic heterocycles. The SMILES string of the molecule is O=C(c1ccccc1S)N1CCC(c2cc3cc(Cl)ccc3[nH]2)CC1. The molecule has 2 aromatic carbocycles. The van der Waals surface area contributed by atoms with Gasteiger partial charge in [-0.15, -0.1) is 12.6 Å². The highest BCUT2D eigenvalue weighted by Gasteiger charge is 2.26. The zero-order valence-corrected chi connectivity index (χ0v) is 15.4. The number of amides is 1. The number of benzene rings is 2. The van der Waals surface area contributed by atoms with Crippen LogP contribution in [0.4, 0.5) is 0 Å². The number of carbonyl (C=O) groups is 1. The number of aromatic nitrogens is 1. The maximum absolute atomic E-state index is 12.7. The lowest BCUT2D eigenvalue weighted by molar-refractivity contribution is 0.0709. The molecule has 5 heteroatoms. The molecular weight excluding hydrogens is 352 g/mol. The van der Waals surface area contributed by atoms with E-state index in [1.807, 2.05) is 47.4 Å². The molecular formula is C20H19ClN2OS. The normalized spacial score (nSPS) is 15.7. The molecule has 0 aliphatic carbocycles. The van der Waals surface area contributed by atoms with Gasteiger partial charge in [0.25, 0.3) is 5.91 Å². The van der Waals surface area contributed by atoms with E-state index < -0.39 is 0 Å². The summed E-state index contributed by atoms with van der Waals surface area (Å²) in [5.41, 5.74) is 3.03. The fraction of sp³-hybridized carbons (Fsp3) is 0.250. The second kappa shape index (κ2) is 6.77. The average Bonchev–Trinajstić information content (AvgIpc) is 3.05. The van der Waals surface area contributed by atoms with Crippen LogP contribution in [0.15, 0.2) is 53.4 Å². The van der Waals surface area contributed by atoms with Crippen molar-refractivity contribution in [1.82, 2.24) is 9.88 Å². The molecule has 1 aliphatic heterocycles. The van der Waals surface area contributed by atoms with Crippen molar-refractivity contribution in [1.29, 1.82) is 0 Å². The highest BCUT2D eigenvalue weighted by molar-refractivity contribution is 7.80. The van der Waals surface area contributed by atoms with E-state index in [4.69, 9.17) is 11.6 Å². The molecule has 0 saturated carbocycles. The number of piperidine rings is 1. The maximum Gasteiger partial charge on any atom is 0.254 e. The third kappa shape index (κ3) is 3.29. The number of nitrogens with one attached hydrogen (secondary N) is 1. The number of nitrogens with zero attached hydrogens (tertiary/aromatic N) is 1. The maximum atomic E-state index is 12.7. The first kappa shape index (κ1) is 16.6. The van der Waals surface area contributed by atoms with Crippen LogP contribution in [0.25, 0.3) is 10.9 Å². The van der Waals surface area contributed by atoms with Crippen LogP contribution in [0.1, 0.15) is 34.8 Å². The van der Waals surface area contributed by atoms with Crippen LogP contribution in [-0.2, 0) is 0 Å². The number of aromatic amines is 1. The van der Waals surface area contributed by atoms with E-state index >= 15 is 0 Å². The second-order valence-corrected chi connectivity index (χ2v) is 7.46. The number of hydrogen-bond acceptors (Lipinski definition) is 2. The van der Waals surface area contributed by atoms with Gasteiger partial charge in [0, 0.05) is 45.5 Å². The minimum absolute atomic E-state index is 0.0764. The van der Waals surface area contributed by atoms with Crippen molar-refractivity contribution in [2.24, 2.45) is 0 Å². The highest BCUT2D eigenvalue weighted by Crippen LogP contribution is 2.31. The Labute approximate surface area is 157 Å². The third-order valence-corrected chi connectivity index (χ3v) is 5.59. The van der Waals surface area contributed by atoms with E-state index in [0.717, 1.165) is 46.8 Å². The van der Waals surface area contributed by atoms with Crippen molar-refractivity contribution in [3.63, 3.8) is 0 Å². The van der Waals surface area contributed by atoms with Crippen LogP contribution in [0.5, 0.6) is 0 Å². The zero-order chi connectivity index (χ0) is 17.4. The van der Waals surface area contributed by atoms with Crippen molar-refractivity contribution >= 4 is 41.0 Å². The van der Waals surface area contributed by atoms with Crippen LogP contribution in [-0.4, -0.2) is 28.9 Å². The number of carbonyl (C=O) groups excluding carboxylic acids is 1. The lowest BCUT2D eigenvalue weighted by atomic mass is 9.93. The van der Waals surface area contributed by atoms with Crippen molar-refractivity contribution in [3.05, 3.63) is 64.8 Å². The van der Waals surface area contributed by atoms with E-state index in [0.29, 0.717) is 11.5 Å². The number of halogens is 1. The first-order valence-corrected chi connectivity index (χ1v) is 9.30. The molecule has 128 valence electrons. The van der Waals surface area contributed by atoms with Crippen molar-refractivity contribution in [2.75, 3.05) is 13.1 Å². The second-order valence-electron chi connectivity index (χ2n) is 6.54. The Morgan fingerprint density at radius 3 is 2.64 bits per heavy atom. The average molecular weight is 371 g/mol.